The molecule has 2 fully saturated rings. The Balaban J connectivity index is 1.68. The van der Waals surface area contributed by atoms with Crippen molar-refractivity contribution in [3.05, 3.63) is 77.9 Å². The number of rotatable bonds is 6. The molecule has 164 valence electrons. The molecule has 0 aromatic heterocycles. The number of likely N-dealkylation sites (tertiary alicyclic amines) is 1. The summed E-state index contributed by atoms with van der Waals surface area (Å²) in [6.45, 7) is 6.89. The number of hydrogen-bond donors (Lipinski definition) is 1. The van der Waals surface area contributed by atoms with Crippen LogP contribution < -0.4 is 0 Å². The molecule has 3 unspecified atom stereocenters. The van der Waals surface area contributed by atoms with Crippen molar-refractivity contribution >= 4 is 5.91 Å². The van der Waals surface area contributed by atoms with E-state index < -0.39 is 0 Å². The molecule has 2 heterocycles. The molecule has 2 aliphatic heterocycles. The van der Waals surface area contributed by atoms with E-state index in [1.807, 2.05) is 30.3 Å². The number of nitrogens with zero attached hydrogens (tertiary/aromatic N) is 3. The van der Waals surface area contributed by atoms with Gasteiger partial charge in [-0.25, -0.2) is 0 Å². The van der Waals surface area contributed by atoms with Gasteiger partial charge in [-0.05, 0) is 48.2 Å². The van der Waals surface area contributed by atoms with E-state index in [0.717, 1.165) is 30.8 Å². The first kappa shape index (κ1) is 21.6. The molecule has 0 spiro atoms. The Morgan fingerprint density at radius 1 is 1.13 bits per heavy atom. The van der Waals surface area contributed by atoms with Gasteiger partial charge in [-0.15, -0.1) is 6.58 Å². The summed E-state index contributed by atoms with van der Waals surface area (Å²) in [6.07, 6.45) is 5.73. The number of piperidine rings is 1. The van der Waals surface area contributed by atoms with Gasteiger partial charge < -0.3 is 10.0 Å². The van der Waals surface area contributed by atoms with Crippen LogP contribution in [0.3, 0.4) is 0 Å². The fourth-order valence-corrected chi connectivity index (χ4v) is 5.26. The summed E-state index contributed by atoms with van der Waals surface area (Å²) in [5, 5.41) is 10.2. The van der Waals surface area contributed by atoms with Gasteiger partial charge in [0.25, 0.3) is 5.91 Å². The molecule has 1 N–H and O–H groups in total. The number of piperazine rings is 1. The minimum atomic E-state index is 0.00743. The van der Waals surface area contributed by atoms with E-state index >= 15 is 0 Å². The Labute approximate surface area is 185 Å². The zero-order chi connectivity index (χ0) is 22.0. The summed E-state index contributed by atoms with van der Waals surface area (Å²) in [5.74, 6) is 0.292. The maximum atomic E-state index is 12.3. The monoisotopic (exact) mass is 419 g/mol. The molecular weight excluding hydrogens is 386 g/mol. The fraction of sp³-hybridized carbons (Fsp3) is 0.423. The van der Waals surface area contributed by atoms with Gasteiger partial charge in [-0.2, -0.15) is 0 Å². The van der Waals surface area contributed by atoms with Crippen molar-refractivity contribution in [1.29, 1.82) is 0 Å². The molecule has 0 saturated carbocycles. The Kier molecular flexibility index (Phi) is 6.44. The van der Waals surface area contributed by atoms with Crippen molar-refractivity contribution in [3.8, 4) is 5.75 Å². The molecule has 2 bridgehead atoms. The zero-order valence-electron chi connectivity index (χ0n) is 18.6. The highest BCUT2D eigenvalue weighted by Crippen LogP contribution is 2.37. The lowest BCUT2D eigenvalue weighted by atomic mass is 9.87. The van der Waals surface area contributed by atoms with Crippen LogP contribution in [0.15, 0.2) is 61.2 Å². The average Bonchev–Trinajstić information content (AvgIpc) is 2.74. The summed E-state index contributed by atoms with van der Waals surface area (Å²) in [6, 6.07) is 16.7. The number of benzene rings is 2. The highest BCUT2D eigenvalue weighted by atomic mass is 16.3. The summed E-state index contributed by atoms with van der Waals surface area (Å²) >= 11 is 0. The highest BCUT2D eigenvalue weighted by Gasteiger charge is 2.39. The van der Waals surface area contributed by atoms with Crippen LogP contribution in [-0.2, 0) is 0 Å². The van der Waals surface area contributed by atoms with Crippen LogP contribution >= 0.6 is 0 Å². The molecule has 2 aromatic rings. The lowest BCUT2D eigenvalue weighted by Crippen LogP contribution is -2.61. The Hall–Kier alpha value is -2.63. The quantitative estimate of drug-likeness (QED) is 0.722. The third-order valence-electron chi connectivity index (χ3n) is 6.67. The maximum absolute atomic E-state index is 12.3. The first-order valence-electron chi connectivity index (χ1n) is 11.2. The molecule has 5 nitrogen and oxygen atoms in total. The van der Waals surface area contributed by atoms with Gasteiger partial charge in [0.05, 0.1) is 6.04 Å². The van der Waals surface area contributed by atoms with Crippen LogP contribution in [0, 0.1) is 0 Å². The van der Waals surface area contributed by atoms with E-state index in [-0.39, 0.29) is 17.7 Å². The minimum Gasteiger partial charge on any atom is -0.508 e. The molecule has 0 aliphatic carbocycles. The number of fused-ring (bicyclic) bond motifs is 2. The van der Waals surface area contributed by atoms with Crippen LogP contribution in [0.5, 0.6) is 5.75 Å². The van der Waals surface area contributed by atoms with Gasteiger partial charge in [0, 0.05) is 51.4 Å². The largest absolute Gasteiger partial charge is 0.508 e. The van der Waals surface area contributed by atoms with Crippen molar-refractivity contribution < 1.29 is 9.90 Å². The predicted molar refractivity (Wildman–Crippen MR) is 124 cm³/mol. The van der Waals surface area contributed by atoms with Crippen LogP contribution in [-0.4, -0.2) is 71.5 Å². The maximum Gasteiger partial charge on any atom is 0.253 e. The molecule has 1 amide bonds. The molecule has 4 rings (SSSR count). The number of aromatic hydroxyl groups is 1. The molecule has 2 saturated heterocycles. The molecule has 2 aromatic carbocycles. The van der Waals surface area contributed by atoms with Gasteiger partial charge in [0.15, 0.2) is 0 Å². The van der Waals surface area contributed by atoms with E-state index in [0.29, 0.717) is 17.6 Å². The second kappa shape index (κ2) is 9.25. The predicted octanol–water partition coefficient (Wildman–Crippen LogP) is 3.91. The van der Waals surface area contributed by atoms with E-state index in [1.54, 1.807) is 25.1 Å². The number of carbonyl (C=O) groups excluding carboxylic acids is 1. The highest BCUT2D eigenvalue weighted by molar-refractivity contribution is 5.93. The number of carbonyl (C=O) groups is 1. The van der Waals surface area contributed by atoms with Crippen LogP contribution in [0.1, 0.15) is 46.8 Å². The van der Waals surface area contributed by atoms with Crippen LogP contribution in [0.4, 0.5) is 0 Å². The molecule has 3 atom stereocenters. The molecule has 31 heavy (non-hydrogen) atoms. The van der Waals surface area contributed by atoms with E-state index in [9.17, 15) is 9.90 Å². The van der Waals surface area contributed by atoms with Crippen molar-refractivity contribution in [2.24, 2.45) is 0 Å². The van der Waals surface area contributed by atoms with Crippen LogP contribution in [0.2, 0.25) is 0 Å². The van der Waals surface area contributed by atoms with Gasteiger partial charge in [-0.3, -0.25) is 14.6 Å². The van der Waals surface area contributed by atoms with Gasteiger partial charge in [-0.1, -0.05) is 36.8 Å². The lowest BCUT2D eigenvalue weighted by Gasteiger charge is -2.52. The van der Waals surface area contributed by atoms with Crippen molar-refractivity contribution in [2.45, 2.75) is 37.4 Å². The van der Waals surface area contributed by atoms with E-state index in [1.165, 1.54) is 19.3 Å². The van der Waals surface area contributed by atoms with Gasteiger partial charge in [0.2, 0.25) is 0 Å². The normalized spacial score (nSPS) is 22.6. The molecule has 2 aliphatic rings. The second-order valence-corrected chi connectivity index (χ2v) is 9.00. The van der Waals surface area contributed by atoms with E-state index in [2.05, 4.69) is 34.6 Å². The molecule has 0 radical (unpaired) electrons. The van der Waals surface area contributed by atoms with E-state index in [4.69, 9.17) is 0 Å². The lowest BCUT2D eigenvalue weighted by molar-refractivity contribution is -0.0128. The summed E-state index contributed by atoms with van der Waals surface area (Å²) in [7, 11) is 3.54. The smallest absolute Gasteiger partial charge is 0.253 e. The first-order chi connectivity index (χ1) is 15.0. The standard InChI is InChI=1S/C26H33N3O2/c1-4-15-29-22-8-6-9-23(29)18-28(17-22)25(21-7-5-10-24(30)16-21)19-11-13-20(14-12-19)26(31)27(2)3/h4-5,7,10-14,16,22-23,25,30H,1,6,8-9,15,17-18H2,2-3H3. The SMILES string of the molecule is C=CCN1C2CCCC1CN(C(c1ccc(C(=O)N(C)C)cc1)c1cccc(O)c1)C2. The number of phenolic OH excluding ortho intramolecular Hbond substituents is 1. The topological polar surface area (TPSA) is 47.0 Å². The first-order valence-corrected chi connectivity index (χ1v) is 11.2. The number of amides is 1. The minimum absolute atomic E-state index is 0.00743. The second-order valence-electron chi connectivity index (χ2n) is 9.00. The van der Waals surface area contributed by atoms with Crippen molar-refractivity contribution in [3.63, 3.8) is 0 Å². The summed E-state index contributed by atoms with van der Waals surface area (Å²) in [5.41, 5.74) is 2.93. The third kappa shape index (κ3) is 4.53. The Bertz CT molecular complexity index is 911. The van der Waals surface area contributed by atoms with Gasteiger partial charge in [0.1, 0.15) is 5.75 Å². The van der Waals surface area contributed by atoms with Crippen molar-refractivity contribution in [1.82, 2.24) is 14.7 Å². The molecule has 5 heteroatoms. The average molecular weight is 420 g/mol. The van der Waals surface area contributed by atoms with Crippen LogP contribution in [0.25, 0.3) is 0 Å². The molecular formula is C26H33N3O2. The summed E-state index contributed by atoms with van der Waals surface area (Å²) in [4.78, 5) is 19.1. The number of hydrogen-bond acceptors (Lipinski definition) is 4. The third-order valence-corrected chi connectivity index (χ3v) is 6.67. The zero-order valence-corrected chi connectivity index (χ0v) is 18.6. The Morgan fingerprint density at radius 3 is 2.39 bits per heavy atom. The summed E-state index contributed by atoms with van der Waals surface area (Å²) < 4.78 is 0. The Morgan fingerprint density at radius 2 is 1.81 bits per heavy atom. The fourth-order valence-electron chi connectivity index (χ4n) is 5.26. The number of phenols is 1. The van der Waals surface area contributed by atoms with Crippen molar-refractivity contribution in [2.75, 3.05) is 33.7 Å². The van der Waals surface area contributed by atoms with Gasteiger partial charge >= 0.3 is 0 Å².